The Bertz CT molecular complexity index is 839. The van der Waals surface area contributed by atoms with Crippen LogP contribution in [0.15, 0.2) is 66.7 Å². The summed E-state index contributed by atoms with van der Waals surface area (Å²) in [5.74, 6) is 6.64. The van der Waals surface area contributed by atoms with Crippen molar-refractivity contribution in [2.75, 3.05) is 0 Å². The van der Waals surface area contributed by atoms with Crippen molar-refractivity contribution in [1.82, 2.24) is 0 Å². The number of hydrogen-bond donors (Lipinski definition) is 0. The largest absolute Gasteiger partial charge is 0.0654 e. The molecule has 3 aromatic carbocycles. The average molecular weight is 312 g/mol. The smallest absolute Gasteiger partial charge is 0.0327 e. The molecule has 0 aliphatic carbocycles. The lowest BCUT2D eigenvalue weighted by Gasteiger charge is -2.01. The molecule has 3 rings (SSSR count). The van der Waals surface area contributed by atoms with Crippen molar-refractivity contribution < 1.29 is 0 Å². The van der Waals surface area contributed by atoms with Crippen LogP contribution in [0.3, 0.4) is 0 Å². The molecule has 120 valence electrons. The maximum atomic E-state index is 3.33. The zero-order valence-electron chi connectivity index (χ0n) is 14.4. The summed E-state index contributed by atoms with van der Waals surface area (Å²) >= 11 is 0. The number of unbranched alkanes of at least 4 members (excludes halogenated alkanes) is 3. The highest BCUT2D eigenvalue weighted by atomic mass is 14.0. The van der Waals surface area contributed by atoms with Crippen LogP contribution < -0.4 is 0 Å². The Balaban J connectivity index is 1.71. The second kappa shape index (κ2) is 8.37. The van der Waals surface area contributed by atoms with Crippen LogP contribution in [-0.2, 0) is 6.42 Å². The summed E-state index contributed by atoms with van der Waals surface area (Å²) in [5.41, 5.74) is 3.60. The first-order valence-corrected chi connectivity index (χ1v) is 8.95. The van der Waals surface area contributed by atoms with E-state index in [-0.39, 0.29) is 0 Å². The fourth-order valence-corrected chi connectivity index (χ4v) is 2.98. The maximum Gasteiger partial charge on any atom is 0.0327 e. The number of hydrogen-bond acceptors (Lipinski definition) is 0. The molecule has 3 aromatic rings. The first-order valence-electron chi connectivity index (χ1n) is 8.95. The highest BCUT2D eigenvalue weighted by molar-refractivity contribution is 5.88. The van der Waals surface area contributed by atoms with Crippen LogP contribution in [0.25, 0.3) is 10.8 Å². The predicted molar refractivity (Wildman–Crippen MR) is 104 cm³/mol. The molecule has 24 heavy (non-hydrogen) atoms. The van der Waals surface area contributed by atoms with E-state index < -0.39 is 0 Å². The van der Waals surface area contributed by atoms with Crippen LogP contribution in [0.1, 0.15) is 49.3 Å². The molecule has 0 aromatic heterocycles. The fourth-order valence-electron chi connectivity index (χ4n) is 2.98. The normalized spacial score (nSPS) is 10.4. The summed E-state index contributed by atoms with van der Waals surface area (Å²) in [6.07, 6.45) is 6.43. The van der Waals surface area contributed by atoms with Gasteiger partial charge in [0.1, 0.15) is 0 Å². The molecule has 0 atom stereocenters. The molecule has 0 saturated carbocycles. The zero-order chi connectivity index (χ0) is 16.6. The third-order valence-electron chi connectivity index (χ3n) is 4.40. The number of rotatable bonds is 5. The van der Waals surface area contributed by atoms with Crippen LogP contribution in [0, 0.1) is 11.8 Å². The molecule has 0 heterocycles. The minimum atomic E-state index is 1.08. The van der Waals surface area contributed by atoms with E-state index in [9.17, 15) is 0 Å². The molecule has 0 spiro atoms. The number of benzene rings is 3. The highest BCUT2D eigenvalue weighted by Crippen LogP contribution is 2.17. The highest BCUT2D eigenvalue weighted by Gasteiger charge is 1.97. The monoisotopic (exact) mass is 312 g/mol. The van der Waals surface area contributed by atoms with Crippen LogP contribution in [0.4, 0.5) is 0 Å². The lowest BCUT2D eigenvalue weighted by atomic mass is 10.0. The quantitative estimate of drug-likeness (QED) is 0.380. The molecule has 0 bridgehead atoms. The van der Waals surface area contributed by atoms with E-state index in [2.05, 4.69) is 85.5 Å². The predicted octanol–water partition coefficient (Wildman–Crippen LogP) is 6.36. The van der Waals surface area contributed by atoms with Crippen molar-refractivity contribution in [2.24, 2.45) is 0 Å². The Labute approximate surface area is 145 Å². The summed E-state index contributed by atoms with van der Waals surface area (Å²) in [4.78, 5) is 0. The topological polar surface area (TPSA) is 0 Å². The summed E-state index contributed by atoms with van der Waals surface area (Å²) in [6, 6.07) is 23.4. The molecule has 0 fully saturated rings. The first-order chi connectivity index (χ1) is 11.9. The molecular formula is C24H24. The number of fused-ring (bicyclic) bond motifs is 1. The van der Waals surface area contributed by atoms with E-state index in [4.69, 9.17) is 0 Å². The second-order valence-corrected chi connectivity index (χ2v) is 6.28. The average Bonchev–Trinajstić information content (AvgIpc) is 2.64. The van der Waals surface area contributed by atoms with Gasteiger partial charge < -0.3 is 0 Å². The van der Waals surface area contributed by atoms with E-state index in [1.54, 1.807) is 0 Å². The van der Waals surface area contributed by atoms with Gasteiger partial charge in [-0.3, -0.25) is 0 Å². The van der Waals surface area contributed by atoms with Crippen LogP contribution in [0.5, 0.6) is 0 Å². The lowest BCUT2D eigenvalue weighted by molar-refractivity contribution is 0.667. The molecule has 0 nitrogen and oxygen atoms in total. The van der Waals surface area contributed by atoms with Gasteiger partial charge in [-0.15, -0.1) is 0 Å². The van der Waals surface area contributed by atoms with Gasteiger partial charge in [0.15, 0.2) is 0 Å². The van der Waals surface area contributed by atoms with Gasteiger partial charge in [-0.05, 0) is 47.4 Å². The van der Waals surface area contributed by atoms with Crippen LogP contribution in [0.2, 0.25) is 0 Å². The summed E-state index contributed by atoms with van der Waals surface area (Å²) in [6.45, 7) is 2.25. The van der Waals surface area contributed by atoms with E-state index in [1.165, 1.54) is 48.4 Å². The Hall–Kier alpha value is -2.52. The van der Waals surface area contributed by atoms with Gasteiger partial charge in [-0.2, -0.15) is 0 Å². The van der Waals surface area contributed by atoms with Crippen molar-refractivity contribution in [2.45, 2.75) is 39.0 Å². The van der Waals surface area contributed by atoms with Gasteiger partial charge in [0.25, 0.3) is 0 Å². The van der Waals surface area contributed by atoms with E-state index in [0.717, 1.165) is 11.1 Å². The van der Waals surface area contributed by atoms with E-state index in [1.807, 2.05) is 0 Å². The van der Waals surface area contributed by atoms with Gasteiger partial charge in [0.05, 0.1) is 0 Å². The molecule has 0 N–H and O–H groups in total. The Morgan fingerprint density at radius 1 is 0.708 bits per heavy atom. The van der Waals surface area contributed by atoms with Crippen LogP contribution >= 0.6 is 0 Å². The van der Waals surface area contributed by atoms with Crippen LogP contribution in [-0.4, -0.2) is 0 Å². The SMILES string of the molecule is CCCCCCc1ccc(C#Cc2cccc3ccccc23)cc1. The minimum absolute atomic E-state index is 1.08. The molecule has 0 aliphatic rings. The summed E-state index contributed by atoms with van der Waals surface area (Å²) in [5, 5.41) is 2.46. The van der Waals surface area contributed by atoms with Gasteiger partial charge in [0, 0.05) is 11.1 Å². The van der Waals surface area contributed by atoms with Gasteiger partial charge in [-0.25, -0.2) is 0 Å². The molecule has 0 saturated heterocycles. The summed E-state index contributed by atoms with van der Waals surface area (Å²) in [7, 11) is 0. The van der Waals surface area contributed by atoms with Crippen molar-refractivity contribution >= 4 is 10.8 Å². The maximum absolute atomic E-state index is 3.33. The van der Waals surface area contributed by atoms with E-state index in [0.29, 0.717) is 0 Å². The Kier molecular flexibility index (Phi) is 5.70. The van der Waals surface area contributed by atoms with Crippen molar-refractivity contribution in [3.05, 3.63) is 83.4 Å². The molecular weight excluding hydrogens is 288 g/mol. The standard InChI is InChI=1S/C24H24/c1-2-3-4-5-9-20-14-16-21(17-15-20)18-19-23-12-8-11-22-10-6-7-13-24(22)23/h6-8,10-17H,2-5,9H2,1H3. The summed E-state index contributed by atoms with van der Waals surface area (Å²) < 4.78 is 0. The molecule has 0 aliphatic heterocycles. The van der Waals surface area contributed by atoms with Gasteiger partial charge in [0.2, 0.25) is 0 Å². The van der Waals surface area contributed by atoms with Crippen molar-refractivity contribution in [3.8, 4) is 11.8 Å². The first kappa shape index (κ1) is 16.3. The molecule has 0 amide bonds. The second-order valence-electron chi connectivity index (χ2n) is 6.28. The Morgan fingerprint density at radius 2 is 1.50 bits per heavy atom. The van der Waals surface area contributed by atoms with Crippen molar-refractivity contribution in [3.63, 3.8) is 0 Å². The van der Waals surface area contributed by atoms with Crippen molar-refractivity contribution in [1.29, 1.82) is 0 Å². The molecule has 0 heteroatoms. The lowest BCUT2D eigenvalue weighted by Crippen LogP contribution is -1.86. The molecule has 0 radical (unpaired) electrons. The third-order valence-corrected chi connectivity index (χ3v) is 4.40. The van der Waals surface area contributed by atoms with Gasteiger partial charge in [-0.1, -0.05) is 86.6 Å². The number of aryl methyl sites for hydroxylation is 1. The Morgan fingerprint density at radius 3 is 2.33 bits per heavy atom. The van der Waals surface area contributed by atoms with Gasteiger partial charge >= 0.3 is 0 Å². The van der Waals surface area contributed by atoms with E-state index >= 15 is 0 Å². The minimum Gasteiger partial charge on any atom is -0.0654 e. The molecule has 0 unspecified atom stereocenters. The zero-order valence-corrected chi connectivity index (χ0v) is 14.4. The third kappa shape index (κ3) is 4.27. The fraction of sp³-hybridized carbons (Fsp3) is 0.250.